The van der Waals surface area contributed by atoms with Crippen molar-refractivity contribution in [3.05, 3.63) is 34.7 Å². The summed E-state index contributed by atoms with van der Waals surface area (Å²) in [5, 5.41) is 3.51. The quantitative estimate of drug-likeness (QED) is 0.896. The highest BCUT2D eigenvalue weighted by molar-refractivity contribution is 5.70. The molecule has 1 aromatic heterocycles. The monoisotopic (exact) mass is 340 g/mol. The molecule has 3 aliphatic rings. The standard InChI is InChI=1S/C20H28N4O/c1-14-3-5-16(6-4-14)19-17-7-9-21-10-8-18(17)22-20(23-19)24-11-12-25-13-15(24)2/h3,5,15,21H,4,6-13H2,1-2H3/t15-/m1/s1. The second-order valence-electron chi connectivity index (χ2n) is 7.37. The van der Waals surface area contributed by atoms with Crippen LogP contribution in [-0.2, 0) is 17.6 Å². The number of aromatic nitrogens is 2. The Labute approximate surface area is 150 Å². The SMILES string of the molecule is CC1=CC=C(c2nc(N3CCOC[C@H]3C)nc3c2CCNCC3)CC1. The normalized spacial score (nSPS) is 24.2. The number of rotatable bonds is 2. The van der Waals surface area contributed by atoms with Gasteiger partial charge >= 0.3 is 0 Å². The number of nitrogens with one attached hydrogen (secondary N) is 1. The number of anilines is 1. The molecule has 1 N–H and O–H groups in total. The molecule has 0 spiro atoms. The van der Waals surface area contributed by atoms with Gasteiger partial charge in [-0.3, -0.25) is 0 Å². The zero-order chi connectivity index (χ0) is 17.2. The van der Waals surface area contributed by atoms with Gasteiger partial charge in [-0.05, 0) is 45.2 Å². The number of hydrogen-bond acceptors (Lipinski definition) is 5. The maximum Gasteiger partial charge on any atom is 0.226 e. The number of ether oxygens (including phenoxy) is 1. The maximum absolute atomic E-state index is 5.60. The molecule has 1 aromatic rings. The van der Waals surface area contributed by atoms with Gasteiger partial charge < -0.3 is 15.0 Å². The van der Waals surface area contributed by atoms with E-state index in [4.69, 9.17) is 14.7 Å². The molecule has 5 nitrogen and oxygen atoms in total. The van der Waals surface area contributed by atoms with Crippen molar-refractivity contribution in [3.63, 3.8) is 0 Å². The molecule has 0 radical (unpaired) electrons. The van der Waals surface area contributed by atoms with Crippen LogP contribution in [0.3, 0.4) is 0 Å². The lowest BCUT2D eigenvalue weighted by molar-refractivity contribution is 0.0980. The Kier molecular flexibility index (Phi) is 4.86. The van der Waals surface area contributed by atoms with Gasteiger partial charge in [0.25, 0.3) is 0 Å². The van der Waals surface area contributed by atoms with Gasteiger partial charge in [-0.2, -0.15) is 0 Å². The lowest BCUT2D eigenvalue weighted by atomic mass is 9.93. The molecule has 1 saturated heterocycles. The summed E-state index contributed by atoms with van der Waals surface area (Å²) in [6, 6.07) is 0.325. The van der Waals surface area contributed by atoms with Gasteiger partial charge in [-0.15, -0.1) is 0 Å². The maximum atomic E-state index is 5.60. The van der Waals surface area contributed by atoms with E-state index in [9.17, 15) is 0 Å². The highest BCUT2D eigenvalue weighted by atomic mass is 16.5. The van der Waals surface area contributed by atoms with E-state index in [2.05, 4.69) is 36.2 Å². The molecule has 1 atom stereocenters. The minimum Gasteiger partial charge on any atom is -0.377 e. The van der Waals surface area contributed by atoms with Crippen LogP contribution >= 0.6 is 0 Å². The molecule has 1 aliphatic carbocycles. The second-order valence-corrected chi connectivity index (χ2v) is 7.37. The molecule has 1 fully saturated rings. The van der Waals surface area contributed by atoms with Crippen LogP contribution in [0.2, 0.25) is 0 Å². The molecular formula is C20H28N4O. The third-order valence-electron chi connectivity index (χ3n) is 5.46. The van der Waals surface area contributed by atoms with Gasteiger partial charge in [0.1, 0.15) is 0 Å². The van der Waals surface area contributed by atoms with E-state index in [0.29, 0.717) is 6.04 Å². The number of morpholine rings is 1. The molecule has 5 heteroatoms. The van der Waals surface area contributed by atoms with Crippen LogP contribution in [0.25, 0.3) is 5.57 Å². The lowest BCUT2D eigenvalue weighted by Gasteiger charge is -2.34. The Morgan fingerprint density at radius 1 is 1.12 bits per heavy atom. The van der Waals surface area contributed by atoms with Crippen LogP contribution in [0.15, 0.2) is 17.7 Å². The highest BCUT2D eigenvalue weighted by Gasteiger charge is 2.26. The van der Waals surface area contributed by atoms with E-state index < -0.39 is 0 Å². The first-order valence-corrected chi connectivity index (χ1v) is 9.54. The van der Waals surface area contributed by atoms with E-state index in [1.54, 1.807) is 0 Å². The number of allylic oxidation sites excluding steroid dienone is 4. The van der Waals surface area contributed by atoms with Crippen molar-refractivity contribution in [2.75, 3.05) is 37.7 Å². The molecule has 0 amide bonds. The van der Waals surface area contributed by atoms with Crippen molar-refractivity contribution in [1.29, 1.82) is 0 Å². The zero-order valence-corrected chi connectivity index (χ0v) is 15.3. The second kappa shape index (κ2) is 7.26. The van der Waals surface area contributed by atoms with Crippen LogP contribution in [0.4, 0.5) is 5.95 Å². The predicted octanol–water partition coefficient (Wildman–Crippen LogP) is 2.51. The van der Waals surface area contributed by atoms with Crippen molar-refractivity contribution >= 4 is 11.5 Å². The molecule has 0 saturated carbocycles. The Morgan fingerprint density at radius 2 is 2.00 bits per heavy atom. The van der Waals surface area contributed by atoms with Crippen LogP contribution in [-0.4, -0.2) is 48.9 Å². The van der Waals surface area contributed by atoms with E-state index in [1.165, 1.54) is 28.1 Å². The third-order valence-corrected chi connectivity index (χ3v) is 5.46. The van der Waals surface area contributed by atoms with Gasteiger partial charge in [0, 0.05) is 25.1 Å². The summed E-state index contributed by atoms with van der Waals surface area (Å²) in [5.41, 5.74) is 6.59. The Hall–Kier alpha value is -1.72. The molecule has 25 heavy (non-hydrogen) atoms. The van der Waals surface area contributed by atoms with E-state index in [-0.39, 0.29) is 0 Å². The first-order chi connectivity index (χ1) is 12.2. The lowest BCUT2D eigenvalue weighted by Crippen LogP contribution is -2.44. The van der Waals surface area contributed by atoms with Crippen molar-refractivity contribution in [1.82, 2.24) is 15.3 Å². The number of fused-ring (bicyclic) bond motifs is 1. The predicted molar refractivity (Wildman–Crippen MR) is 101 cm³/mol. The average Bonchev–Trinajstić information content (AvgIpc) is 2.87. The molecular weight excluding hydrogens is 312 g/mol. The van der Waals surface area contributed by atoms with Gasteiger partial charge in [0.05, 0.1) is 30.6 Å². The van der Waals surface area contributed by atoms with Crippen molar-refractivity contribution < 1.29 is 4.74 Å². The van der Waals surface area contributed by atoms with Gasteiger partial charge in [0.15, 0.2) is 0 Å². The first kappa shape index (κ1) is 16.7. The largest absolute Gasteiger partial charge is 0.377 e. The molecule has 0 unspecified atom stereocenters. The Morgan fingerprint density at radius 3 is 2.80 bits per heavy atom. The fraction of sp³-hybridized carbons (Fsp3) is 0.600. The van der Waals surface area contributed by atoms with E-state index in [1.807, 2.05) is 0 Å². The zero-order valence-electron chi connectivity index (χ0n) is 15.3. The Bertz CT molecular complexity index is 710. The number of nitrogens with zero attached hydrogens (tertiary/aromatic N) is 3. The minimum atomic E-state index is 0.325. The summed E-state index contributed by atoms with van der Waals surface area (Å²) in [7, 11) is 0. The fourth-order valence-corrected chi connectivity index (χ4v) is 3.89. The molecule has 3 heterocycles. The first-order valence-electron chi connectivity index (χ1n) is 9.54. The van der Waals surface area contributed by atoms with Crippen molar-refractivity contribution in [3.8, 4) is 0 Å². The van der Waals surface area contributed by atoms with Crippen LogP contribution in [0.1, 0.15) is 43.6 Å². The van der Waals surface area contributed by atoms with Crippen molar-refractivity contribution in [2.45, 2.75) is 45.6 Å². The van der Waals surface area contributed by atoms with Crippen LogP contribution in [0, 0.1) is 0 Å². The van der Waals surface area contributed by atoms with Gasteiger partial charge in [-0.25, -0.2) is 9.97 Å². The molecule has 0 aromatic carbocycles. The van der Waals surface area contributed by atoms with Gasteiger partial charge in [0.2, 0.25) is 5.95 Å². The molecule has 134 valence electrons. The van der Waals surface area contributed by atoms with Crippen LogP contribution < -0.4 is 10.2 Å². The molecule has 2 aliphatic heterocycles. The summed E-state index contributed by atoms with van der Waals surface area (Å²) < 4.78 is 5.60. The number of hydrogen-bond donors (Lipinski definition) is 1. The summed E-state index contributed by atoms with van der Waals surface area (Å²) in [5.74, 6) is 0.888. The Balaban J connectivity index is 1.79. The van der Waals surface area contributed by atoms with E-state index >= 15 is 0 Å². The minimum absolute atomic E-state index is 0.325. The average molecular weight is 340 g/mol. The van der Waals surface area contributed by atoms with Gasteiger partial charge in [-0.1, -0.05) is 17.7 Å². The molecule has 4 rings (SSSR count). The van der Waals surface area contributed by atoms with Crippen LogP contribution in [0.5, 0.6) is 0 Å². The smallest absolute Gasteiger partial charge is 0.226 e. The fourth-order valence-electron chi connectivity index (χ4n) is 3.89. The summed E-state index contributed by atoms with van der Waals surface area (Å²) in [6.45, 7) is 8.79. The topological polar surface area (TPSA) is 50.3 Å². The third kappa shape index (κ3) is 3.48. The van der Waals surface area contributed by atoms with Crippen molar-refractivity contribution in [2.24, 2.45) is 0 Å². The summed E-state index contributed by atoms with van der Waals surface area (Å²) >= 11 is 0. The van der Waals surface area contributed by atoms with E-state index in [0.717, 1.165) is 64.5 Å². The summed E-state index contributed by atoms with van der Waals surface area (Å²) in [4.78, 5) is 12.4. The summed E-state index contributed by atoms with van der Waals surface area (Å²) in [6.07, 6.45) is 8.73. The molecule has 0 bridgehead atoms. The highest BCUT2D eigenvalue weighted by Crippen LogP contribution is 2.31.